The van der Waals surface area contributed by atoms with Crippen molar-refractivity contribution in [1.29, 1.82) is 0 Å². The molecule has 0 spiro atoms. The zero-order valence-electron chi connectivity index (χ0n) is 10.8. The molecule has 0 atom stereocenters. The van der Waals surface area contributed by atoms with Gasteiger partial charge < -0.3 is 14.8 Å². The number of ketones is 1. The fourth-order valence-corrected chi connectivity index (χ4v) is 1.18. The van der Waals surface area contributed by atoms with E-state index in [1.54, 1.807) is 7.11 Å². The van der Waals surface area contributed by atoms with Crippen molar-refractivity contribution < 1.29 is 14.3 Å². The van der Waals surface area contributed by atoms with E-state index in [-0.39, 0.29) is 23.5 Å². The fraction of sp³-hybridized carbons (Fsp3) is 0.833. The topological polar surface area (TPSA) is 55.4 Å². The van der Waals surface area contributed by atoms with Gasteiger partial charge in [-0.25, -0.2) is 0 Å². The van der Waals surface area contributed by atoms with E-state index < -0.39 is 0 Å². The van der Waals surface area contributed by atoms with Gasteiger partial charge in [-0.3, -0.25) is 4.79 Å². The van der Waals surface area contributed by atoms with Gasteiger partial charge in [0.1, 0.15) is 5.78 Å². The number of amides is 1. The molecule has 0 aromatic rings. The quantitative estimate of drug-likeness (QED) is 0.687. The molecule has 0 fully saturated rings. The van der Waals surface area contributed by atoms with Crippen molar-refractivity contribution in [3.63, 3.8) is 0 Å². The van der Waals surface area contributed by atoms with E-state index in [0.29, 0.717) is 19.6 Å². The largest absolute Gasteiger partial charge is 0.385 e. The highest BCUT2D eigenvalue weighted by Crippen LogP contribution is 2.18. The maximum atomic E-state index is 11.4. The molecule has 0 bridgehead atoms. The number of carbonyl (C=O) groups excluding carboxylic acids is 2. The molecule has 0 aliphatic carbocycles. The first kappa shape index (κ1) is 15.1. The summed E-state index contributed by atoms with van der Waals surface area (Å²) in [5.41, 5.74) is 0.0297. The van der Waals surface area contributed by atoms with Crippen LogP contribution in [0.3, 0.4) is 0 Å². The molecule has 0 saturated carbocycles. The Labute approximate surface area is 97.7 Å². The lowest BCUT2D eigenvalue weighted by molar-refractivity contribution is -0.125. The Kier molecular flexibility index (Phi) is 6.97. The highest BCUT2D eigenvalue weighted by Gasteiger charge is 2.18. The summed E-state index contributed by atoms with van der Waals surface area (Å²) < 4.78 is 5.01. The summed E-state index contributed by atoms with van der Waals surface area (Å²) in [6.45, 7) is 6.97. The van der Waals surface area contributed by atoms with Crippen molar-refractivity contribution in [3.05, 3.63) is 0 Å². The van der Waals surface area contributed by atoms with Gasteiger partial charge >= 0.3 is 0 Å². The van der Waals surface area contributed by atoms with Crippen LogP contribution in [-0.4, -0.2) is 32.0 Å². The number of Topliss-reactive ketones (excluding diaryl/α,β-unsaturated/α-hetero) is 1. The van der Waals surface area contributed by atoms with Crippen LogP contribution in [0.15, 0.2) is 0 Å². The third kappa shape index (κ3) is 8.41. The van der Waals surface area contributed by atoms with Gasteiger partial charge in [-0.1, -0.05) is 13.8 Å². The summed E-state index contributed by atoms with van der Waals surface area (Å²) in [6.07, 6.45) is 1.51. The number of ether oxygens (including phenoxy) is 1. The molecule has 0 radical (unpaired) electrons. The molecule has 0 aliphatic rings. The fourth-order valence-electron chi connectivity index (χ4n) is 1.18. The summed E-state index contributed by atoms with van der Waals surface area (Å²) in [6, 6.07) is 0. The van der Waals surface area contributed by atoms with Crippen molar-refractivity contribution in [2.24, 2.45) is 5.41 Å². The predicted octanol–water partition coefficient (Wildman–Crippen LogP) is 1.53. The summed E-state index contributed by atoms with van der Waals surface area (Å²) in [5.74, 6) is -0.00511. The monoisotopic (exact) mass is 229 g/mol. The Morgan fingerprint density at radius 3 is 2.38 bits per heavy atom. The first-order valence-corrected chi connectivity index (χ1v) is 5.62. The second-order valence-electron chi connectivity index (χ2n) is 4.89. The normalized spacial score (nSPS) is 11.2. The van der Waals surface area contributed by atoms with Gasteiger partial charge in [0, 0.05) is 33.1 Å². The smallest absolute Gasteiger partial charge is 0.220 e. The average molecular weight is 229 g/mol. The lowest BCUT2D eigenvalue weighted by Crippen LogP contribution is -2.34. The number of rotatable bonds is 8. The lowest BCUT2D eigenvalue weighted by Gasteiger charge is -2.24. The van der Waals surface area contributed by atoms with Crippen molar-refractivity contribution in [1.82, 2.24) is 5.32 Å². The molecule has 1 amide bonds. The van der Waals surface area contributed by atoms with Crippen molar-refractivity contribution >= 4 is 11.7 Å². The molecule has 0 aromatic carbocycles. The number of methoxy groups -OCH3 is 1. The second kappa shape index (κ2) is 7.39. The highest BCUT2D eigenvalue weighted by molar-refractivity contribution is 5.83. The van der Waals surface area contributed by atoms with E-state index in [9.17, 15) is 9.59 Å². The number of nitrogens with one attached hydrogen (secondary N) is 1. The van der Waals surface area contributed by atoms with Crippen LogP contribution in [0.2, 0.25) is 0 Å². The van der Waals surface area contributed by atoms with Crippen molar-refractivity contribution in [2.75, 3.05) is 20.3 Å². The summed E-state index contributed by atoms with van der Waals surface area (Å²) in [7, 11) is 1.67. The molecule has 4 heteroatoms. The summed E-state index contributed by atoms with van der Waals surface area (Å²) in [5, 5.41) is 2.84. The van der Waals surface area contributed by atoms with Gasteiger partial charge in [-0.2, -0.15) is 0 Å². The van der Waals surface area contributed by atoms with Crippen molar-refractivity contribution in [2.45, 2.75) is 40.0 Å². The number of carbonyl (C=O) groups is 2. The molecule has 0 heterocycles. The van der Waals surface area contributed by atoms with Gasteiger partial charge in [0.25, 0.3) is 0 Å². The Morgan fingerprint density at radius 2 is 1.88 bits per heavy atom. The van der Waals surface area contributed by atoms with E-state index in [2.05, 4.69) is 19.2 Å². The van der Waals surface area contributed by atoms with Gasteiger partial charge in [-0.05, 0) is 18.8 Å². The molecule has 0 aromatic heterocycles. The number of hydrogen-bond donors (Lipinski definition) is 1. The molecular formula is C12H23NO3. The summed E-state index contributed by atoms with van der Waals surface area (Å²) in [4.78, 5) is 22.1. The zero-order valence-corrected chi connectivity index (χ0v) is 10.8. The van der Waals surface area contributed by atoms with E-state index >= 15 is 0 Å². The van der Waals surface area contributed by atoms with Crippen LogP contribution in [0, 0.1) is 5.41 Å². The van der Waals surface area contributed by atoms with Crippen LogP contribution >= 0.6 is 0 Å². The lowest BCUT2D eigenvalue weighted by atomic mass is 9.89. The second-order valence-corrected chi connectivity index (χ2v) is 4.89. The molecule has 0 unspecified atom stereocenters. The molecular weight excluding hydrogens is 206 g/mol. The minimum Gasteiger partial charge on any atom is -0.385 e. The molecule has 0 aliphatic heterocycles. The van der Waals surface area contributed by atoms with E-state index in [0.717, 1.165) is 6.42 Å². The van der Waals surface area contributed by atoms with E-state index in [1.165, 1.54) is 6.92 Å². The maximum absolute atomic E-state index is 11.4. The van der Waals surface area contributed by atoms with Crippen molar-refractivity contribution in [3.8, 4) is 0 Å². The molecule has 94 valence electrons. The van der Waals surface area contributed by atoms with Crippen LogP contribution in [0.5, 0.6) is 0 Å². The van der Waals surface area contributed by atoms with Gasteiger partial charge in [0.15, 0.2) is 0 Å². The third-order valence-corrected chi connectivity index (χ3v) is 2.45. The van der Waals surface area contributed by atoms with Crippen LogP contribution in [0.4, 0.5) is 0 Å². The predicted molar refractivity (Wildman–Crippen MR) is 63.2 cm³/mol. The van der Waals surface area contributed by atoms with E-state index in [1.807, 2.05) is 0 Å². The van der Waals surface area contributed by atoms with Gasteiger partial charge in [0.05, 0.1) is 0 Å². The van der Waals surface area contributed by atoms with E-state index in [4.69, 9.17) is 4.74 Å². The molecule has 4 nitrogen and oxygen atoms in total. The minimum absolute atomic E-state index is 0.0297. The van der Waals surface area contributed by atoms with Gasteiger partial charge in [-0.15, -0.1) is 0 Å². The maximum Gasteiger partial charge on any atom is 0.220 e. The highest BCUT2D eigenvalue weighted by atomic mass is 16.5. The van der Waals surface area contributed by atoms with Crippen LogP contribution < -0.4 is 5.32 Å². The minimum atomic E-state index is -0.0549. The molecule has 0 rings (SSSR count). The van der Waals surface area contributed by atoms with Gasteiger partial charge in [0.2, 0.25) is 5.91 Å². The van der Waals surface area contributed by atoms with Crippen LogP contribution in [-0.2, 0) is 14.3 Å². The molecule has 0 saturated heterocycles. The SMILES string of the molecule is COCCC(C)(C)CNC(=O)CCC(C)=O. The number of hydrogen-bond acceptors (Lipinski definition) is 3. The first-order valence-electron chi connectivity index (χ1n) is 5.62. The Bertz CT molecular complexity index is 236. The Balaban J connectivity index is 3.76. The Hall–Kier alpha value is -0.900. The summed E-state index contributed by atoms with van der Waals surface area (Å²) >= 11 is 0. The van der Waals surface area contributed by atoms with Crippen LogP contribution in [0.25, 0.3) is 0 Å². The first-order chi connectivity index (χ1) is 7.37. The third-order valence-electron chi connectivity index (χ3n) is 2.45. The molecule has 16 heavy (non-hydrogen) atoms. The molecule has 1 N–H and O–H groups in total. The van der Waals surface area contributed by atoms with Crippen LogP contribution in [0.1, 0.15) is 40.0 Å². The average Bonchev–Trinajstić information content (AvgIpc) is 2.21. The zero-order chi connectivity index (χ0) is 12.6. The standard InChI is InChI=1S/C12H23NO3/c1-10(14)5-6-11(15)13-9-12(2,3)7-8-16-4/h5-9H2,1-4H3,(H,13,15). The Morgan fingerprint density at radius 1 is 1.25 bits per heavy atom.